The number of nitrogens with one attached hydrogen (secondary N) is 1. The van der Waals surface area contributed by atoms with Gasteiger partial charge in [0.05, 0.1) is 17.8 Å². The van der Waals surface area contributed by atoms with Gasteiger partial charge in [0.25, 0.3) is 5.91 Å². The molecule has 0 fully saturated rings. The molecule has 1 N–H and O–H groups in total. The Hall–Kier alpha value is -3.80. The zero-order chi connectivity index (χ0) is 24.0. The van der Waals surface area contributed by atoms with Gasteiger partial charge in [-0.05, 0) is 42.8 Å². The minimum Gasteiger partial charge on any atom is -0.493 e. The van der Waals surface area contributed by atoms with Crippen LogP contribution in [0.4, 0.5) is 5.69 Å². The van der Waals surface area contributed by atoms with E-state index in [9.17, 15) is 18.5 Å². The molecule has 0 saturated heterocycles. The van der Waals surface area contributed by atoms with Crippen LogP contribution in [0.2, 0.25) is 5.02 Å². The van der Waals surface area contributed by atoms with E-state index in [1.54, 1.807) is 49.4 Å². The third-order valence-electron chi connectivity index (χ3n) is 4.58. The zero-order valence-corrected chi connectivity index (χ0v) is 19.3. The van der Waals surface area contributed by atoms with Crippen molar-refractivity contribution in [1.29, 1.82) is 5.26 Å². The third kappa shape index (κ3) is 5.52. The summed E-state index contributed by atoms with van der Waals surface area (Å²) in [5.41, 5.74) is 0.965. The maximum atomic E-state index is 12.8. The van der Waals surface area contributed by atoms with Gasteiger partial charge in [0.2, 0.25) is 0 Å². The van der Waals surface area contributed by atoms with Gasteiger partial charge in [-0.3, -0.25) is 4.79 Å². The van der Waals surface area contributed by atoms with E-state index in [-0.39, 0.29) is 27.5 Å². The summed E-state index contributed by atoms with van der Waals surface area (Å²) in [6.07, 6.45) is 1.22. The molecule has 33 heavy (non-hydrogen) atoms. The topological polar surface area (TPSA) is 105 Å². The monoisotopic (exact) mass is 482 g/mol. The van der Waals surface area contributed by atoms with Crippen LogP contribution < -0.4 is 14.2 Å². The van der Waals surface area contributed by atoms with Crippen molar-refractivity contribution >= 4 is 39.4 Å². The summed E-state index contributed by atoms with van der Waals surface area (Å²) < 4.78 is 36.2. The summed E-state index contributed by atoms with van der Waals surface area (Å²) in [4.78, 5) is 12.7. The van der Waals surface area contributed by atoms with Crippen LogP contribution in [0.15, 0.2) is 77.2 Å². The summed E-state index contributed by atoms with van der Waals surface area (Å²) in [5, 5.41) is 12.5. The van der Waals surface area contributed by atoms with Crippen LogP contribution in [0.3, 0.4) is 0 Å². The molecule has 1 amide bonds. The van der Waals surface area contributed by atoms with E-state index < -0.39 is 16.0 Å². The highest BCUT2D eigenvalue weighted by atomic mass is 35.5. The fourth-order valence-corrected chi connectivity index (χ4v) is 4.17. The summed E-state index contributed by atoms with van der Waals surface area (Å²) in [6.45, 7) is 1.76. The number of anilines is 1. The first-order chi connectivity index (χ1) is 15.8. The van der Waals surface area contributed by atoms with Crippen LogP contribution >= 0.6 is 11.6 Å². The van der Waals surface area contributed by atoms with Crippen molar-refractivity contribution in [3.63, 3.8) is 0 Å². The highest BCUT2D eigenvalue weighted by Gasteiger charge is 2.22. The number of nitriles is 1. The second-order valence-electron chi connectivity index (χ2n) is 6.78. The first kappa shape index (κ1) is 23.9. The van der Waals surface area contributed by atoms with Crippen LogP contribution in [0.1, 0.15) is 11.1 Å². The van der Waals surface area contributed by atoms with Gasteiger partial charge in [0, 0.05) is 5.56 Å². The van der Waals surface area contributed by atoms with E-state index in [0.717, 1.165) is 0 Å². The number of carbonyl (C=O) groups excluding carboxylic acids is 1. The van der Waals surface area contributed by atoms with Crippen molar-refractivity contribution in [3.05, 3.63) is 88.5 Å². The Morgan fingerprint density at radius 3 is 2.39 bits per heavy atom. The van der Waals surface area contributed by atoms with Crippen molar-refractivity contribution in [2.24, 2.45) is 0 Å². The van der Waals surface area contributed by atoms with Gasteiger partial charge in [0.1, 0.15) is 16.5 Å². The van der Waals surface area contributed by atoms with Crippen molar-refractivity contribution in [2.45, 2.75) is 11.8 Å². The highest BCUT2D eigenvalue weighted by molar-refractivity contribution is 7.87. The van der Waals surface area contributed by atoms with Crippen LogP contribution in [0.5, 0.6) is 11.5 Å². The largest absolute Gasteiger partial charge is 0.493 e. The molecule has 0 heterocycles. The molecule has 3 rings (SSSR count). The fraction of sp³-hybridized carbons (Fsp3) is 0.0833. The number of hydrogen-bond donors (Lipinski definition) is 1. The van der Waals surface area contributed by atoms with E-state index >= 15 is 0 Å². The minimum atomic E-state index is -4.20. The lowest BCUT2D eigenvalue weighted by Gasteiger charge is -2.14. The van der Waals surface area contributed by atoms with Gasteiger partial charge in [-0.2, -0.15) is 13.7 Å². The number of nitrogens with zero attached hydrogens (tertiary/aromatic N) is 1. The molecule has 0 unspecified atom stereocenters. The molecule has 0 aliphatic carbocycles. The van der Waals surface area contributed by atoms with Crippen molar-refractivity contribution < 1.29 is 22.1 Å². The number of para-hydroxylation sites is 2. The quantitative estimate of drug-likeness (QED) is 0.289. The number of carbonyl (C=O) groups is 1. The molecule has 0 aliphatic heterocycles. The van der Waals surface area contributed by atoms with Gasteiger partial charge < -0.3 is 14.2 Å². The first-order valence-corrected chi connectivity index (χ1v) is 11.4. The van der Waals surface area contributed by atoms with E-state index in [1.807, 2.05) is 6.07 Å². The van der Waals surface area contributed by atoms with Gasteiger partial charge in [0.15, 0.2) is 11.5 Å². The lowest BCUT2D eigenvalue weighted by molar-refractivity contribution is -0.112. The zero-order valence-electron chi connectivity index (χ0n) is 17.7. The molecule has 0 spiro atoms. The van der Waals surface area contributed by atoms with E-state index in [0.29, 0.717) is 16.3 Å². The Labute approximate surface area is 197 Å². The second kappa shape index (κ2) is 10.2. The Kier molecular flexibility index (Phi) is 7.38. The number of ether oxygens (including phenoxy) is 1. The van der Waals surface area contributed by atoms with Crippen LogP contribution in [-0.2, 0) is 14.9 Å². The summed E-state index contributed by atoms with van der Waals surface area (Å²) >= 11 is 6.16. The van der Waals surface area contributed by atoms with Crippen LogP contribution in [0, 0.1) is 18.3 Å². The predicted octanol–water partition coefficient (Wildman–Crippen LogP) is 4.97. The normalized spacial score (nSPS) is 11.4. The average Bonchev–Trinajstić information content (AvgIpc) is 2.81. The number of aryl methyl sites for hydroxylation is 1. The Morgan fingerprint density at radius 2 is 1.76 bits per heavy atom. The predicted molar refractivity (Wildman–Crippen MR) is 126 cm³/mol. The number of benzene rings is 3. The average molecular weight is 483 g/mol. The highest BCUT2D eigenvalue weighted by Crippen LogP contribution is 2.35. The molecule has 0 bridgehead atoms. The SMILES string of the molecule is COc1cccc(/C=C(\C#N)C(=O)Nc2c(C)cccc2Cl)c1OS(=O)(=O)c1ccccc1. The summed E-state index contributed by atoms with van der Waals surface area (Å²) in [5.74, 6) is -0.755. The first-order valence-electron chi connectivity index (χ1n) is 9.61. The third-order valence-corrected chi connectivity index (χ3v) is 6.13. The standard InChI is InChI=1S/C24H19ClN2O5S/c1-16-8-6-12-20(25)22(16)27-24(28)18(15-26)14-17-9-7-13-21(31-2)23(17)32-33(29,30)19-10-4-3-5-11-19/h3-14H,1-2H3,(H,27,28)/b18-14+. The van der Waals surface area contributed by atoms with Crippen molar-refractivity contribution in [1.82, 2.24) is 0 Å². The molecular formula is C24H19ClN2O5S. The number of rotatable bonds is 7. The van der Waals surface area contributed by atoms with E-state index in [4.69, 9.17) is 20.5 Å². The molecule has 3 aromatic carbocycles. The maximum Gasteiger partial charge on any atom is 0.339 e. The van der Waals surface area contributed by atoms with Gasteiger partial charge in [-0.15, -0.1) is 0 Å². The lowest BCUT2D eigenvalue weighted by atomic mass is 10.1. The molecule has 0 radical (unpaired) electrons. The molecule has 7 nitrogen and oxygen atoms in total. The minimum absolute atomic E-state index is 0.0571. The van der Waals surface area contributed by atoms with E-state index in [1.165, 1.54) is 37.5 Å². The Bertz CT molecular complexity index is 1340. The van der Waals surface area contributed by atoms with Gasteiger partial charge >= 0.3 is 10.1 Å². The summed E-state index contributed by atoms with van der Waals surface area (Å²) in [6, 6.07) is 19.1. The van der Waals surface area contributed by atoms with Gasteiger partial charge in [-0.25, -0.2) is 0 Å². The smallest absolute Gasteiger partial charge is 0.339 e. The maximum absolute atomic E-state index is 12.8. The number of hydrogen-bond acceptors (Lipinski definition) is 6. The van der Waals surface area contributed by atoms with Crippen molar-refractivity contribution in [2.75, 3.05) is 12.4 Å². The molecule has 0 saturated carbocycles. The fourth-order valence-electron chi connectivity index (χ4n) is 2.92. The van der Waals surface area contributed by atoms with Crippen molar-refractivity contribution in [3.8, 4) is 17.6 Å². The molecule has 168 valence electrons. The van der Waals surface area contributed by atoms with Crippen LogP contribution in [-0.4, -0.2) is 21.4 Å². The molecule has 0 aliphatic rings. The molecule has 0 atom stereocenters. The molecule has 3 aromatic rings. The Morgan fingerprint density at radius 1 is 1.06 bits per heavy atom. The van der Waals surface area contributed by atoms with E-state index in [2.05, 4.69) is 5.32 Å². The second-order valence-corrected chi connectivity index (χ2v) is 8.74. The molecule has 0 aromatic heterocycles. The number of halogens is 1. The lowest BCUT2D eigenvalue weighted by Crippen LogP contribution is -2.15. The molecule has 9 heteroatoms. The van der Waals surface area contributed by atoms with Gasteiger partial charge in [-0.1, -0.05) is 54.1 Å². The Balaban J connectivity index is 2.01. The van der Waals surface area contributed by atoms with Crippen LogP contribution in [0.25, 0.3) is 6.08 Å². The molecular weight excluding hydrogens is 464 g/mol. The summed E-state index contributed by atoms with van der Waals surface area (Å²) in [7, 11) is -2.85. The number of amides is 1. The number of methoxy groups -OCH3 is 1.